The first-order chi connectivity index (χ1) is 13.7. The molecule has 1 aromatic carbocycles. The lowest BCUT2D eigenvalue weighted by molar-refractivity contribution is 0.668. The molecule has 1 aliphatic rings. The van der Waals surface area contributed by atoms with Gasteiger partial charge in [0, 0.05) is 35.0 Å². The number of benzene rings is 1. The maximum Gasteiger partial charge on any atom is 0.195 e. The SMILES string of the molecule is S=c1[nH]nc(C2CC2)n1CCNc1ncnc2scc(-c3ccc(Cl)cc3)c12. The molecule has 1 fully saturated rings. The second-order valence-electron chi connectivity index (χ2n) is 6.80. The van der Waals surface area contributed by atoms with Gasteiger partial charge in [0.05, 0.1) is 5.39 Å². The quantitative estimate of drug-likeness (QED) is 0.410. The molecule has 0 amide bonds. The molecule has 142 valence electrons. The Morgan fingerprint density at radius 3 is 2.86 bits per heavy atom. The third-order valence-corrected chi connectivity index (χ3v) is 6.33. The first-order valence-electron chi connectivity index (χ1n) is 9.08. The van der Waals surface area contributed by atoms with Gasteiger partial charge in [-0.3, -0.25) is 5.10 Å². The average Bonchev–Trinajstić information content (AvgIpc) is 3.35. The van der Waals surface area contributed by atoms with Gasteiger partial charge in [-0.15, -0.1) is 11.3 Å². The number of H-pyrrole nitrogens is 1. The number of nitrogens with one attached hydrogen (secondary N) is 2. The van der Waals surface area contributed by atoms with Gasteiger partial charge < -0.3 is 9.88 Å². The molecule has 3 heterocycles. The highest BCUT2D eigenvalue weighted by Crippen LogP contribution is 2.39. The molecule has 28 heavy (non-hydrogen) atoms. The van der Waals surface area contributed by atoms with E-state index in [2.05, 4.69) is 35.4 Å². The van der Waals surface area contributed by atoms with Gasteiger partial charge in [0.2, 0.25) is 0 Å². The molecule has 1 saturated carbocycles. The molecular weight excluding hydrogens is 412 g/mol. The normalized spacial score (nSPS) is 13.9. The fourth-order valence-electron chi connectivity index (χ4n) is 3.34. The Kier molecular flexibility index (Phi) is 4.62. The van der Waals surface area contributed by atoms with Gasteiger partial charge in [0.25, 0.3) is 0 Å². The molecule has 0 saturated heterocycles. The number of halogens is 1. The molecular formula is C19H17ClN6S2. The predicted octanol–water partition coefficient (Wildman–Crippen LogP) is 5.26. The van der Waals surface area contributed by atoms with Gasteiger partial charge in [0.15, 0.2) is 4.77 Å². The highest BCUT2D eigenvalue weighted by atomic mass is 35.5. The van der Waals surface area contributed by atoms with Crippen LogP contribution in [0.1, 0.15) is 24.6 Å². The van der Waals surface area contributed by atoms with E-state index in [1.165, 1.54) is 12.8 Å². The van der Waals surface area contributed by atoms with Crippen LogP contribution in [0, 0.1) is 4.77 Å². The van der Waals surface area contributed by atoms with Crippen molar-refractivity contribution in [2.75, 3.05) is 11.9 Å². The lowest BCUT2D eigenvalue weighted by Gasteiger charge is -2.10. The van der Waals surface area contributed by atoms with Gasteiger partial charge in [-0.05, 0) is 42.8 Å². The van der Waals surface area contributed by atoms with Crippen LogP contribution < -0.4 is 5.32 Å². The smallest absolute Gasteiger partial charge is 0.195 e. The van der Waals surface area contributed by atoms with Crippen molar-refractivity contribution in [1.82, 2.24) is 24.7 Å². The van der Waals surface area contributed by atoms with Gasteiger partial charge >= 0.3 is 0 Å². The fourth-order valence-corrected chi connectivity index (χ4v) is 4.61. The van der Waals surface area contributed by atoms with Crippen molar-refractivity contribution < 1.29 is 0 Å². The number of aromatic amines is 1. The Bertz CT molecular complexity index is 1190. The summed E-state index contributed by atoms with van der Waals surface area (Å²) in [5.74, 6) is 2.45. The van der Waals surface area contributed by atoms with E-state index in [9.17, 15) is 0 Å². The summed E-state index contributed by atoms with van der Waals surface area (Å²) in [6.07, 6.45) is 3.99. The third kappa shape index (κ3) is 3.32. The first kappa shape index (κ1) is 17.8. The monoisotopic (exact) mass is 428 g/mol. The molecule has 0 bridgehead atoms. The molecule has 0 atom stereocenters. The van der Waals surface area contributed by atoms with E-state index in [0.717, 1.165) is 44.6 Å². The summed E-state index contributed by atoms with van der Waals surface area (Å²) in [5, 5.41) is 14.7. The second kappa shape index (κ2) is 7.27. The zero-order valence-corrected chi connectivity index (χ0v) is 17.2. The summed E-state index contributed by atoms with van der Waals surface area (Å²) < 4.78 is 2.76. The van der Waals surface area contributed by atoms with E-state index in [1.807, 2.05) is 24.3 Å². The number of nitrogens with zero attached hydrogens (tertiary/aromatic N) is 4. The lowest BCUT2D eigenvalue weighted by atomic mass is 10.1. The number of thiophene rings is 1. The van der Waals surface area contributed by atoms with Crippen LogP contribution in [0.5, 0.6) is 0 Å². The summed E-state index contributed by atoms with van der Waals surface area (Å²) in [6.45, 7) is 1.45. The van der Waals surface area contributed by atoms with Gasteiger partial charge in [-0.1, -0.05) is 23.7 Å². The van der Waals surface area contributed by atoms with Crippen LogP contribution in [0.2, 0.25) is 5.02 Å². The number of hydrogen-bond donors (Lipinski definition) is 2. The Balaban J connectivity index is 1.42. The molecule has 3 aromatic heterocycles. The van der Waals surface area contributed by atoms with E-state index < -0.39 is 0 Å². The second-order valence-corrected chi connectivity index (χ2v) is 8.48. The molecule has 2 N–H and O–H groups in total. The molecule has 0 unspecified atom stereocenters. The van der Waals surface area contributed by atoms with Crippen molar-refractivity contribution in [2.24, 2.45) is 0 Å². The van der Waals surface area contributed by atoms with E-state index in [4.69, 9.17) is 23.8 Å². The minimum Gasteiger partial charge on any atom is -0.368 e. The van der Waals surface area contributed by atoms with Crippen molar-refractivity contribution >= 4 is 51.2 Å². The Morgan fingerprint density at radius 2 is 2.07 bits per heavy atom. The Labute approximate surface area is 175 Å². The molecule has 0 spiro atoms. The van der Waals surface area contributed by atoms with Crippen molar-refractivity contribution in [3.05, 3.63) is 51.6 Å². The van der Waals surface area contributed by atoms with Crippen molar-refractivity contribution in [3.8, 4) is 11.1 Å². The summed E-state index contributed by atoms with van der Waals surface area (Å²) in [5.41, 5.74) is 2.21. The molecule has 4 aromatic rings. The van der Waals surface area contributed by atoms with Crippen molar-refractivity contribution in [3.63, 3.8) is 0 Å². The summed E-state index contributed by atoms with van der Waals surface area (Å²) >= 11 is 13.0. The van der Waals surface area contributed by atoms with E-state index >= 15 is 0 Å². The van der Waals surface area contributed by atoms with E-state index in [-0.39, 0.29) is 0 Å². The number of rotatable bonds is 6. The molecule has 5 rings (SSSR count). The summed E-state index contributed by atoms with van der Waals surface area (Å²) in [7, 11) is 0. The molecule has 0 aliphatic heterocycles. The summed E-state index contributed by atoms with van der Waals surface area (Å²) in [4.78, 5) is 9.88. The highest BCUT2D eigenvalue weighted by Gasteiger charge is 2.28. The highest BCUT2D eigenvalue weighted by molar-refractivity contribution is 7.71. The Morgan fingerprint density at radius 1 is 1.25 bits per heavy atom. The number of fused-ring (bicyclic) bond motifs is 1. The number of aromatic nitrogens is 5. The third-order valence-electron chi connectivity index (χ3n) is 4.88. The maximum atomic E-state index is 6.04. The minimum absolute atomic E-state index is 0.548. The maximum absolute atomic E-state index is 6.04. The molecule has 9 heteroatoms. The van der Waals surface area contributed by atoms with Crippen molar-refractivity contribution in [2.45, 2.75) is 25.3 Å². The molecule has 0 radical (unpaired) electrons. The van der Waals surface area contributed by atoms with Crippen LogP contribution in [0.4, 0.5) is 5.82 Å². The average molecular weight is 429 g/mol. The zero-order chi connectivity index (χ0) is 19.1. The van der Waals surface area contributed by atoms with Crippen LogP contribution in [0.15, 0.2) is 36.0 Å². The largest absolute Gasteiger partial charge is 0.368 e. The van der Waals surface area contributed by atoms with Crippen LogP contribution in [0.25, 0.3) is 21.3 Å². The molecule has 1 aliphatic carbocycles. The number of hydrogen-bond acceptors (Lipinski definition) is 6. The predicted molar refractivity (Wildman–Crippen MR) is 116 cm³/mol. The van der Waals surface area contributed by atoms with Crippen LogP contribution in [0.3, 0.4) is 0 Å². The number of anilines is 1. The lowest BCUT2D eigenvalue weighted by Crippen LogP contribution is -2.13. The van der Waals surface area contributed by atoms with Crippen LogP contribution in [-0.4, -0.2) is 31.3 Å². The van der Waals surface area contributed by atoms with Crippen LogP contribution >= 0.6 is 35.2 Å². The van der Waals surface area contributed by atoms with E-state index in [1.54, 1.807) is 17.7 Å². The zero-order valence-electron chi connectivity index (χ0n) is 14.9. The summed E-state index contributed by atoms with van der Waals surface area (Å²) in [6, 6.07) is 7.84. The Hall–Kier alpha value is -2.29. The van der Waals surface area contributed by atoms with Crippen molar-refractivity contribution in [1.29, 1.82) is 0 Å². The van der Waals surface area contributed by atoms with Gasteiger partial charge in [-0.2, -0.15) is 5.10 Å². The molecule has 6 nitrogen and oxygen atoms in total. The standard InChI is InChI=1S/C19H17ClN6S2/c20-13-5-3-11(4-6-13)14-9-28-18-15(14)16(22-10-23-18)21-7-8-26-17(12-1-2-12)24-25-19(26)27/h3-6,9-10,12H,1-2,7-8H2,(H,25,27)(H,21,22,23). The minimum atomic E-state index is 0.548. The van der Waals surface area contributed by atoms with E-state index in [0.29, 0.717) is 17.2 Å². The first-order valence-corrected chi connectivity index (χ1v) is 10.7. The fraction of sp³-hybridized carbons (Fsp3) is 0.263. The topological polar surface area (TPSA) is 71.4 Å². The van der Waals surface area contributed by atoms with Gasteiger partial charge in [0.1, 0.15) is 22.8 Å². The van der Waals surface area contributed by atoms with Gasteiger partial charge in [-0.25, -0.2) is 9.97 Å². The van der Waals surface area contributed by atoms with Crippen LogP contribution in [-0.2, 0) is 6.54 Å².